The van der Waals surface area contributed by atoms with Crippen LogP contribution in [0.25, 0.3) is 0 Å². The molecule has 0 aromatic heterocycles. The van der Waals surface area contributed by atoms with Gasteiger partial charge in [0.15, 0.2) is 0 Å². The van der Waals surface area contributed by atoms with Gasteiger partial charge in [-0.05, 0) is 30.2 Å². The second-order valence-electron chi connectivity index (χ2n) is 4.48. The summed E-state index contributed by atoms with van der Waals surface area (Å²) in [7, 11) is 0. The summed E-state index contributed by atoms with van der Waals surface area (Å²) < 4.78 is 0. The highest BCUT2D eigenvalue weighted by molar-refractivity contribution is 5.99. The minimum Gasteiger partial charge on any atom is -0.366 e. The zero-order chi connectivity index (χ0) is 14.0. The highest BCUT2D eigenvalue weighted by Gasteiger charge is 2.25. The number of carbonyl (C=O) groups is 3. The van der Waals surface area contributed by atoms with E-state index in [1.165, 1.54) is 4.90 Å². The molecule has 3 N–H and O–H groups in total. The molecule has 0 saturated carbocycles. The van der Waals surface area contributed by atoms with Crippen molar-refractivity contribution in [2.24, 2.45) is 5.73 Å². The lowest BCUT2D eigenvalue weighted by molar-refractivity contribution is -0.147. The number of aryl methyl sites for hydroxylation is 1. The molecular weight excluding hydrogens is 246 g/mol. The van der Waals surface area contributed by atoms with Crippen LogP contribution in [0.3, 0.4) is 0 Å². The Kier molecular flexibility index (Phi) is 3.62. The standard InChI is InChI=1S/C13H15N3O3/c1-8-4-9(13(14)19)2-3-10(8)7-16-11(17)5-15-6-12(16)18/h2-4,15H,5-7H2,1H3,(H2,14,19). The zero-order valence-corrected chi connectivity index (χ0v) is 10.6. The molecule has 0 unspecified atom stereocenters. The molecule has 1 aliphatic rings. The van der Waals surface area contributed by atoms with E-state index in [4.69, 9.17) is 5.73 Å². The predicted octanol–water partition coefficient (Wildman–Crippen LogP) is -0.448. The highest BCUT2D eigenvalue weighted by atomic mass is 16.2. The molecule has 0 atom stereocenters. The molecule has 6 heteroatoms. The summed E-state index contributed by atoms with van der Waals surface area (Å²) in [5, 5.41) is 2.74. The van der Waals surface area contributed by atoms with Gasteiger partial charge in [-0.2, -0.15) is 0 Å². The summed E-state index contributed by atoms with van der Waals surface area (Å²) in [5.41, 5.74) is 7.27. The molecule has 100 valence electrons. The number of hydrogen-bond donors (Lipinski definition) is 2. The van der Waals surface area contributed by atoms with Gasteiger partial charge in [-0.3, -0.25) is 24.6 Å². The number of rotatable bonds is 3. The van der Waals surface area contributed by atoms with Crippen molar-refractivity contribution in [1.82, 2.24) is 10.2 Å². The Labute approximate surface area is 110 Å². The van der Waals surface area contributed by atoms with Crippen molar-refractivity contribution < 1.29 is 14.4 Å². The molecule has 2 rings (SSSR count). The third-order valence-corrected chi connectivity index (χ3v) is 3.11. The van der Waals surface area contributed by atoms with Crippen LogP contribution in [-0.4, -0.2) is 35.7 Å². The first kappa shape index (κ1) is 13.2. The third kappa shape index (κ3) is 2.79. The van der Waals surface area contributed by atoms with E-state index in [9.17, 15) is 14.4 Å². The summed E-state index contributed by atoms with van der Waals surface area (Å²) in [5.74, 6) is -0.978. The SMILES string of the molecule is Cc1cc(C(N)=O)ccc1CN1C(=O)CNCC1=O. The van der Waals surface area contributed by atoms with Gasteiger partial charge >= 0.3 is 0 Å². The van der Waals surface area contributed by atoms with Gasteiger partial charge < -0.3 is 5.73 Å². The average molecular weight is 261 g/mol. The Morgan fingerprint density at radius 1 is 1.32 bits per heavy atom. The second-order valence-corrected chi connectivity index (χ2v) is 4.48. The average Bonchev–Trinajstić information content (AvgIpc) is 2.35. The van der Waals surface area contributed by atoms with E-state index in [2.05, 4.69) is 5.32 Å². The van der Waals surface area contributed by atoms with Crippen LogP contribution in [0.15, 0.2) is 18.2 Å². The van der Waals surface area contributed by atoms with E-state index in [0.717, 1.165) is 11.1 Å². The van der Waals surface area contributed by atoms with Gasteiger partial charge in [0.2, 0.25) is 17.7 Å². The molecule has 3 amide bonds. The Hall–Kier alpha value is -2.21. The Morgan fingerprint density at radius 3 is 2.47 bits per heavy atom. The number of benzene rings is 1. The number of carbonyl (C=O) groups excluding carboxylic acids is 3. The molecule has 1 fully saturated rings. The summed E-state index contributed by atoms with van der Waals surface area (Å²) in [4.78, 5) is 35.6. The van der Waals surface area contributed by atoms with Gasteiger partial charge in [0.05, 0.1) is 19.6 Å². The summed E-state index contributed by atoms with van der Waals surface area (Å²) in [6, 6.07) is 4.98. The number of primary amides is 1. The van der Waals surface area contributed by atoms with Crippen molar-refractivity contribution >= 4 is 17.7 Å². The third-order valence-electron chi connectivity index (χ3n) is 3.11. The van der Waals surface area contributed by atoms with Crippen LogP contribution in [0, 0.1) is 6.92 Å². The molecule has 0 bridgehead atoms. The molecule has 1 aromatic carbocycles. The van der Waals surface area contributed by atoms with Gasteiger partial charge in [0, 0.05) is 5.56 Å². The maximum Gasteiger partial charge on any atom is 0.248 e. The molecular formula is C13H15N3O3. The highest BCUT2D eigenvalue weighted by Crippen LogP contribution is 2.14. The van der Waals surface area contributed by atoms with Gasteiger partial charge in [-0.15, -0.1) is 0 Å². The maximum absolute atomic E-state index is 11.7. The van der Waals surface area contributed by atoms with E-state index in [1.807, 2.05) is 6.92 Å². The molecule has 6 nitrogen and oxygen atoms in total. The fourth-order valence-corrected chi connectivity index (χ4v) is 1.98. The van der Waals surface area contributed by atoms with Crippen LogP contribution in [0.5, 0.6) is 0 Å². The van der Waals surface area contributed by atoms with E-state index < -0.39 is 5.91 Å². The Balaban J connectivity index is 2.21. The molecule has 19 heavy (non-hydrogen) atoms. The van der Waals surface area contributed by atoms with E-state index in [0.29, 0.717) is 5.56 Å². The number of imide groups is 1. The van der Waals surface area contributed by atoms with Crippen LogP contribution in [0.2, 0.25) is 0 Å². The molecule has 1 aromatic rings. The first-order valence-electron chi connectivity index (χ1n) is 5.92. The zero-order valence-electron chi connectivity index (χ0n) is 10.6. The van der Waals surface area contributed by atoms with Crippen molar-refractivity contribution in [3.8, 4) is 0 Å². The van der Waals surface area contributed by atoms with Crippen LogP contribution in [-0.2, 0) is 16.1 Å². The largest absolute Gasteiger partial charge is 0.366 e. The summed E-state index contributed by atoms with van der Waals surface area (Å²) in [6.07, 6.45) is 0. The summed E-state index contributed by atoms with van der Waals surface area (Å²) >= 11 is 0. The monoisotopic (exact) mass is 261 g/mol. The molecule has 0 spiro atoms. The fourth-order valence-electron chi connectivity index (χ4n) is 1.98. The van der Waals surface area contributed by atoms with E-state index in [1.54, 1.807) is 18.2 Å². The number of amides is 3. The van der Waals surface area contributed by atoms with E-state index >= 15 is 0 Å². The lowest BCUT2D eigenvalue weighted by Gasteiger charge is -2.26. The number of nitrogens with two attached hydrogens (primary N) is 1. The first-order valence-corrected chi connectivity index (χ1v) is 5.92. The minimum atomic E-state index is -0.496. The van der Waals surface area contributed by atoms with Crippen molar-refractivity contribution in [2.45, 2.75) is 13.5 Å². The fraction of sp³-hybridized carbons (Fsp3) is 0.308. The van der Waals surface area contributed by atoms with Crippen molar-refractivity contribution in [1.29, 1.82) is 0 Å². The van der Waals surface area contributed by atoms with Crippen LogP contribution in [0.4, 0.5) is 0 Å². The maximum atomic E-state index is 11.7. The van der Waals surface area contributed by atoms with Crippen molar-refractivity contribution in [3.05, 3.63) is 34.9 Å². The van der Waals surface area contributed by atoms with Crippen LogP contribution in [0.1, 0.15) is 21.5 Å². The molecule has 1 saturated heterocycles. The van der Waals surface area contributed by atoms with Gasteiger partial charge in [-0.1, -0.05) is 6.07 Å². The van der Waals surface area contributed by atoms with E-state index in [-0.39, 0.29) is 31.4 Å². The topological polar surface area (TPSA) is 92.5 Å². The van der Waals surface area contributed by atoms with Crippen molar-refractivity contribution in [2.75, 3.05) is 13.1 Å². The number of hydrogen-bond acceptors (Lipinski definition) is 4. The van der Waals surface area contributed by atoms with Crippen LogP contribution < -0.4 is 11.1 Å². The van der Waals surface area contributed by atoms with Gasteiger partial charge in [-0.25, -0.2) is 0 Å². The molecule has 0 radical (unpaired) electrons. The number of nitrogens with zero attached hydrogens (tertiary/aromatic N) is 1. The molecule has 1 aliphatic heterocycles. The summed E-state index contributed by atoms with van der Waals surface area (Å²) in [6.45, 7) is 2.39. The first-order chi connectivity index (χ1) is 8.99. The quantitative estimate of drug-likeness (QED) is 0.721. The lowest BCUT2D eigenvalue weighted by atomic mass is 10.0. The minimum absolute atomic E-state index is 0.171. The normalized spacial score (nSPS) is 15.7. The lowest BCUT2D eigenvalue weighted by Crippen LogP contribution is -2.51. The van der Waals surface area contributed by atoms with Crippen molar-refractivity contribution in [3.63, 3.8) is 0 Å². The second kappa shape index (κ2) is 5.19. The smallest absolute Gasteiger partial charge is 0.248 e. The molecule has 0 aliphatic carbocycles. The van der Waals surface area contributed by atoms with Gasteiger partial charge in [0.1, 0.15) is 0 Å². The van der Waals surface area contributed by atoms with Gasteiger partial charge in [0.25, 0.3) is 0 Å². The molecule has 1 heterocycles. The Morgan fingerprint density at radius 2 is 1.95 bits per heavy atom. The Bertz CT molecular complexity index is 538. The van der Waals surface area contributed by atoms with Crippen LogP contribution >= 0.6 is 0 Å². The number of piperazine rings is 1. The number of nitrogens with one attached hydrogen (secondary N) is 1. The predicted molar refractivity (Wildman–Crippen MR) is 68.1 cm³/mol.